The van der Waals surface area contributed by atoms with Gasteiger partial charge in [0.15, 0.2) is 0 Å². The third-order valence-electron chi connectivity index (χ3n) is 2.89. The molecule has 3 aromatic rings. The monoisotopic (exact) mass is 269 g/mol. The van der Waals surface area contributed by atoms with E-state index >= 15 is 0 Å². The minimum atomic E-state index is -0.183. The zero-order valence-electron chi connectivity index (χ0n) is 10.2. The number of fused-ring (bicyclic) bond motifs is 1. The molecule has 0 saturated heterocycles. The molecule has 2 aromatic carbocycles. The summed E-state index contributed by atoms with van der Waals surface area (Å²) in [5, 5.41) is 1.14. The quantitative estimate of drug-likeness (QED) is 0.641. The van der Waals surface area contributed by atoms with Gasteiger partial charge in [-0.2, -0.15) is 0 Å². The first-order valence-corrected chi connectivity index (χ1v) is 7.02. The zero-order valence-corrected chi connectivity index (χ0v) is 11.0. The van der Waals surface area contributed by atoms with Gasteiger partial charge in [0.05, 0.1) is 5.52 Å². The first-order valence-electron chi connectivity index (χ1n) is 6.04. The number of halogens is 1. The van der Waals surface area contributed by atoms with E-state index in [4.69, 9.17) is 0 Å². The summed E-state index contributed by atoms with van der Waals surface area (Å²) in [5.41, 5.74) is 1.98. The number of pyridine rings is 1. The van der Waals surface area contributed by atoms with Crippen LogP contribution >= 0.6 is 11.8 Å². The summed E-state index contributed by atoms with van der Waals surface area (Å²) in [6.07, 6.45) is 1.82. The summed E-state index contributed by atoms with van der Waals surface area (Å²) in [5.74, 6) is 0.573. The number of rotatable bonds is 3. The van der Waals surface area contributed by atoms with E-state index in [9.17, 15) is 4.39 Å². The maximum atomic E-state index is 13.1. The molecule has 0 atom stereocenters. The van der Waals surface area contributed by atoms with Gasteiger partial charge in [-0.05, 0) is 29.8 Å². The van der Waals surface area contributed by atoms with Crippen LogP contribution in [0.2, 0.25) is 0 Å². The van der Waals surface area contributed by atoms with Crippen molar-refractivity contribution in [2.75, 3.05) is 0 Å². The van der Waals surface area contributed by atoms with Gasteiger partial charge in [0.1, 0.15) is 5.82 Å². The largest absolute Gasteiger partial charge is 0.256 e. The van der Waals surface area contributed by atoms with Gasteiger partial charge < -0.3 is 0 Å². The molecule has 3 heteroatoms. The number of para-hydroxylation sites is 1. The Balaban J connectivity index is 1.86. The lowest BCUT2D eigenvalue weighted by Crippen LogP contribution is -1.85. The molecule has 1 heterocycles. The van der Waals surface area contributed by atoms with E-state index < -0.39 is 0 Å². The van der Waals surface area contributed by atoms with Crippen molar-refractivity contribution in [3.8, 4) is 0 Å². The lowest BCUT2D eigenvalue weighted by Gasteiger charge is -2.05. The molecule has 0 amide bonds. The Morgan fingerprint density at radius 3 is 2.79 bits per heavy atom. The third kappa shape index (κ3) is 2.76. The average molecular weight is 269 g/mol. The van der Waals surface area contributed by atoms with Gasteiger partial charge in [-0.15, -0.1) is 11.8 Å². The predicted octanol–water partition coefficient (Wildman–Crippen LogP) is 4.67. The number of thioether (sulfide) groups is 1. The minimum Gasteiger partial charge on any atom is -0.256 e. The fourth-order valence-corrected chi connectivity index (χ4v) is 2.97. The Labute approximate surface area is 115 Å². The van der Waals surface area contributed by atoms with Crippen LogP contribution in [0.15, 0.2) is 65.7 Å². The van der Waals surface area contributed by atoms with E-state index in [0.29, 0.717) is 0 Å². The number of hydrogen-bond acceptors (Lipinski definition) is 2. The molecule has 94 valence electrons. The van der Waals surface area contributed by atoms with E-state index in [1.807, 2.05) is 36.5 Å². The fourth-order valence-electron chi connectivity index (χ4n) is 1.98. The second-order valence-electron chi connectivity index (χ2n) is 4.24. The van der Waals surface area contributed by atoms with Crippen molar-refractivity contribution in [1.82, 2.24) is 4.98 Å². The molecule has 3 rings (SSSR count). The fraction of sp³-hybridized carbons (Fsp3) is 0.0625. The SMILES string of the molecule is Fc1cccc(CSc2ccnc3ccccc23)c1. The first kappa shape index (κ1) is 12.2. The van der Waals surface area contributed by atoms with Crippen LogP contribution in [0.25, 0.3) is 10.9 Å². The molecular formula is C16H12FNS. The molecular weight excluding hydrogens is 257 g/mol. The highest BCUT2D eigenvalue weighted by molar-refractivity contribution is 7.98. The van der Waals surface area contributed by atoms with Crippen LogP contribution in [0.1, 0.15) is 5.56 Å². The molecule has 0 spiro atoms. The van der Waals surface area contributed by atoms with Crippen molar-refractivity contribution in [3.05, 3.63) is 72.2 Å². The van der Waals surface area contributed by atoms with Gasteiger partial charge >= 0.3 is 0 Å². The van der Waals surface area contributed by atoms with E-state index in [2.05, 4.69) is 11.1 Å². The second kappa shape index (κ2) is 5.41. The van der Waals surface area contributed by atoms with Crippen molar-refractivity contribution in [2.45, 2.75) is 10.6 Å². The lowest BCUT2D eigenvalue weighted by molar-refractivity contribution is 0.626. The highest BCUT2D eigenvalue weighted by atomic mass is 32.2. The molecule has 1 aromatic heterocycles. The van der Waals surface area contributed by atoms with Gasteiger partial charge in [-0.25, -0.2) is 4.39 Å². The van der Waals surface area contributed by atoms with E-state index in [1.165, 1.54) is 11.0 Å². The Kier molecular flexibility index (Phi) is 3.47. The highest BCUT2D eigenvalue weighted by Crippen LogP contribution is 2.29. The van der Waals surface area contributed by atoms with Gasteiger partial charge in [0, 0.05) is 22.2 Å². The highest BCUT2D eigenvalue weighted by Gasteiger charge is 2.03. The Bertz CT molecular complexity index is 706. The van der Waals surface area contributed by atoms with Gasteiger partial charge in [0.25, 0.3) is 0 Å². The Morgan fingerprint density at radius 1 is 1.00 bits per heavy atom. The van der Waals surface area contributed by atoms with Crippen LogP contribution in [0, 0.1) is 5.82 Å². The van der Waals surface area contributed by atoms with Crippen molar-refractivity contribution in [1.29, 1.82) is 0 Å². The molecule has 19 heavy (non-hydrogen) atoms. The summed E-state index contributed by atoms with van der Waals surface area (Å²) < 4.78 is 13.1. The normalized spacial score (nSPS) is 10.8. The zero-order chi connectivity index (χ0) is 13.1. The van der Waals surface area contributed by atoms with E-state index in [0.717, 1.165) is 22.2 Å². The summed E-state index contributed by atoms with van der Waals surface area (Å²) in [7, 11) is 0. The molecule has 0 aliphatic carbocycles. The minimum absolute atomic E-state index is 0.183. The van der Waals surface area contributed by atoms with Crippen molar-refractivity contribution < 1.29 is 4.39 Å². The summed E-state index contributed by atoms with van der Waals surface area (Å²) in [6.45, 7) is 0. The number of aromatic nitrogens is 1. The van der Waals surface area contributed by atoms with Crippen LogP contribution in [0.4, 0.5) is 4.39 Å². The molecule has 0 unspecified atom stereocenters. The predicted molar refractivity (Wildman–Crippen MR) is 77.7 cm³/mol. The second-order valence-corrected chi connectivity index (χ2v) is 5.26. The number of nitrogens with zero attached hydrogens (tertiary/aromatic N) is 1. The van der Waals surface area contributed by atoms with E-state index in [1.54, 1.807) is 23.9 Å². The molecule has 0 radical (unpaired) electrons. The third-order valence-corrected chi connectivity index (χ3v) is 4.04. The van der Waals surface area contributed by atoms with Crippen LogP contribution in [0.5, 0.6) is 0 Å². The van der Waals surface area contributed by atoms with Crippen LogP contribution in [-0.4, -0.2) is 4.98 Å². The maximum Gasteiger partial charge on any atom is 0.123 e. The van der Waals surface area contributed by atoms with Gasteiger partial charge in [0.2, 0.25) is 0 Å². The molecule has 0 aliphatic heterocycles. The Morgan fingerprint density at radius 2 is 1.89 bits per heavy atom. The van der Waals surface area contributed by atoms with Gasteiger partial charge in [-0.3, -0.25) is 4.98 Å². The van der Waals surface area contributed by atoms with Gasteiger partial charge in [-0.1, -0.05) is 30.3 Å². The topological polar surface area (TPSA) is 12.9 Å². The van der Waals surface area contributed by atoms with Crippen molar-refractivity contribution in [2.24, 2.45) is 0 Å². The molecule has 0 N–H and O–H groups in total. The van der Waals surface area contributed by atoms with Crippen LogP contribution in [-0.2, 0) is 5.75 Å². The molecule has 0 fully saturated rings. The number of benzene rings is 2. The molecule has 0 saturated carbocycles. The van der Waals surface area contributed by atoms with Crippen molar-refractivity contribution in [3.63, 3.8) is 0 Å². The summed E-state index contributed by atoms with van der Waals surface area (Å²) >= 11 is 1.71. The lowest BCUT2D eigenvalue weighted by atomic mass is 10.2. The number of hydrogen-bond donors (Lipinski definition) is 0. The molecule has 0 bridgehead atoms. The molecule has 1 nitrogen and oxygen atoms in total. The van der Waals surface area contributed by atoms with Crippen LogP contribution < -0.4 is 0 Å². The maximum absolute atomic E-state index is 13.1. The smallest absolute Gasteiger partial charge is 0.123 e. The summed E-state index contributed by atoms with van der Waals surface area (Å²) in [6, 6.07) is 16.8. The standard InChI is InChI=1S/C16H12FNS/c17-13-5-3-4-12(10-13)11-19-16-8-9-18-15-7-2-1-6-14(15)16/h1-10H,11H2. The van der Waals surface area contributed by atoms with Crippen molar-refractivity contribution >= 4 is 22.7 Å². The Hall–Kier alpha value is -1.87. The average Bonchev–Trinajstić information content (AvgIpc) is 2.45. The first-order chi connectivity index (χ1) is 9.33. The molecule has 0 aliphatic rings. The summed E-state index contributed by atoms with van der Waals surface area (Å²) in [4.78, 5) is 5.51. The van der Waals surface area contributed by atoms with Crippen LogP contribution in [0.3, 0.4) is 0 Å². The van der Waals surface area contributed by atoms with E-state index in [-0.39, 0.29) is 5.82 Å².